The van der Waals surface area contributed by atoms with Crippen LogP contribution in [0.5, 0.6) is 0 Å². The van der Waals surface area contributed by atoms with Gasteiger partial charge in [-0.2, -0.15) is 0 Å². The van der Waals surface area contributed by atoms with E-state index >= 15 is 0 Å². The van der Waals surface area contributed by atoms with Crippen LogP contribution in [0.2, 0.25) is 0 Å². The van der Waals surface area contributed by atoms with Gasteiger partial charge in [-0.3, -0.25) is 0 Å². The molecule has 1 N–H and O–H groups in total. The maximum absolute atomic E-state index is 10.3. The number of nitrogens with zero attached hydrogens (tertiary/aromatic N) is 1. The highest BCUT2D eigenvalue weighted by atomic mass is 35.5. The number of hydrogen-bond acceptors (Lipinski definition) is 1. The van der Waals surface area contributed by atoms with Crippen LogP contribution in [0.4, 0.5) is 0 Å². The Balaban J connectivity index is 0.000000490. The van der Waals surface area contributed by atoms with Crippen LogP contribution in [0.3, 0.4) is 0 Å². The van der Waals surface area contributed by atoms with E-state index in [2.05, 4.69) is 4.98 Å². The molecule has 0 aliphatic rings. The summed E-state index contributed by atoms with van der Waals surface area (Å²) in [5, 5.41) is 0. The maximum atomic E-state index is 10.3. The van der Waals surface area contributed by atoms with Crippen LogP contribution in [-0.4, -0.2) is 9.55 Å². The highest BCUT2D eigenvalue weighted by Crippen LogP contribution is 1.64. The van der Waals surface area contributed by atoms with Gasteiger partial charge in [0.05, 0.1) is 0 Å². The molecule has 0 spiro atoms. The number of aromatic amines is 1. The normalized spacial score (nSPS) is 8.12. The molecule has 3 nitrogen and oxygen atoms in total. The molecule has 0 saturated carbocycles. The molecule has 0 unspecified atom stereocenters. The summed E-state index contributed by atoms with van der Waals surface area (Å²) in [6.07, 6.45) is 3.27. The van der Waals surface area contributed by atoms with Gasteiger partial charge in [0.1, 0.15) is 0 Å². The Hall–Kier alpha value is -0.700. The maximum Gasteiger partial charge on any atom is 0.325 e. The van der Waals surface area contributed by atoms with E-state index in [0.29, 0.717) is 0 Å². The smallest absolute Gasteiger partial charge is 0.313 e. The fourth-order valence-corrected chi connectivity index (χ4v) is 0.390. The number of aryl methyl sites for hydroxylation is 1. The van der Waals surface area contributed by atoms with Gasteiger partial charge >= 0.3 is 5.69 Å². The average Bonchev–Trinajstić information content (AvgIpc) is 1.91. The Labute approximate surface area is 52.7 Å². The van der Waals surface area contributed by atoms with Crippen LogP contribution in [-0.2, 0) is 7.05 Å². The van der Waals surface area contributed by atoms with Crippen LogP contribution < -0.4 is 5.69 Å². The minimum absolute atomic E-state index is 0. The van der Waals surface area contributed by atoms with Crippen LogP contribution in [0.15, 0.2) is 17.2 Å². The number of rotatable bonds is 0. The molecule has 4 heteroatoms. The Morgan fingerprint density at radius 3 is 2.50 bits per heavy atom. The molecule has 1 aromatic heterocycles. The lowest BCUT2D eigenvalue weighted by atomic mass is 10.9. The van der Waals surface area contributed by atoms with Gasteiger partial charge < -0.3 is 9.55 Å². The SMILES string of the molecule is Cl.Cn1cc[nH]c1=O. The fourth-order valence-electron chi connectivity index (χ4n) is 0.390. The second kappa shape index (κ2) is 2.57. The predicted molar refractivity (Wildman–Crippen MR) is 33.3 cm³/mol. The number of hydrogen-bond donors (Lipinski definition) is 1. The van der Waals surface area contributed by atoms with Gasteiger partial charge in [0.15, 0.2) is 0 Å². The zero-order valence-corrected chi connectivity index (χ0v) is 5.23. The summed E-state index contributed by atoms with van der Waals surface area (Å²) in [6, 6.07) is 0. The minimum Gasteiger partial charge on any atom is -0.313 e. The Bertz CT molecular complexity index is 202. The van der Waals surface area contributed by atoms with E-state index in [1.54, 1.807) is 19.4 Å². The summed E-state index contributed by atoms with van der Waals surface area (Å²) in [7, 11) is 1.69. The van der Waals surface area contributed by atoms with Gasteiger partial charge in [0, 0.05) is 19.4 Å². The lowest BCUT2D eigenvalue weighted by molar-refractivity contribution is 0.862. The molecule has 46 valence electrons. The molecule has 0 saturated heterocycles. The topological polar surface area (TPSA) is 37.8 Å². The predicted octanol–water partition coefficient (Wildman–Crippen LogP) is 0.135. The standard InChI is InChI=1S/C4H6N2O.ClH/c1-6-3-2-5-4(6)7;/h2-3H,1H3,(H,5,7);1H. The van der Waals surface area contributed by atoms with Crippen LogP contribution >= 0.6 is 12.4 Å². The summed E-state index contributed by atoms with van der Waals surface area (Å²) >= 11 is 0. The summed E-state index contributed by atoms with van der Waals surface area (Å²) in [5.41, 5.74) is -0.0694. The first-order valence-electron chi connectivity index (χ1n) is 2.01. The highest BCUT2D eigenvalue weighted by Gasteiger charge is 1.80. The molecule has 0 aromatic carbocycles. The first-order valence-corrected chi connectivity index (χ1v) is 2.01. The Kier molecular flexibility index (Phi) is 2.34. The largest absolute Gasteiger partial charge is 0.325 e. The molecule has 1 heterocycles. The van der Waals surface area contributed by atoms with Crippen molar-refractivity contribution >= 4 is 12.4 Å². The van der Waals surface area contributed by atoms with E-state index in [1.807, 2.05) is 0 Å². The molecule has 0 aliphatic heterocycles. The van der Waals surface area contributed by atoms with Gasteiger partial charge in [-0.15, -0.1) is 12.4 Å². The van der Waals surface area contributed by atoms with Gasteiger partial charge in [-0.1, -0.05) is 0 Å². The van der Waals surface area contributed by atoms with Crippen LogP contribution in [0, 0.1) is 0 Å². The number of halogens is 1. The van der Waals surface area contributed by atoms with Crippen molar-refractivity contribution in [2.45, 2.75) is 0 Å². The second-order valence-electron chi connectivity index (χ2n) is 1.38. The van der Waals surface area contributed by atoms with Crippen molar-refractivity contribution in [3.63, 3.8) is 0 Å². The minimum atomic E-state index is -0.0694. The van der Waals surface area contributed by atoms with Crippen molar-refractivity contribution in [3.8, 4) is 0 Å². The van der Waals surface area contributed by atoms with Gasteiger partial charge in [0.25, 0.3) is 0 Å². The van der Waals surface area contributed by atoms with Crippen LogP contribution in [0.25, 0.3) is 0 Å². The van der Waals surface area contributed by atoms with Gasteiger partial charge in [0.2, 0.25) is 0 Å². The molecule has 0 radical (unpaired) electrons. The van der Waals surface area contributed by atoms with Crippen molar-refractivity contribution < 1.29 is 0 Å². The lowest BCUT2D eigenvalue weighted by Gasteiger charge is -1.76. The summed E-state index contributed by atoms with van der Waals surface area (Å²) < 4.78 is 1.47. The molecule has 0 fully saturated rings. The van der Waals surface area contributed by atoms with E-state index in [9.17, 15) is 4.79 Å². The van der Waals surface area contributed by atoms with Gasteiger partial charge in [-0.05, 0) is 0 Å². The number of imidazole rings is 1. The van der Waals surface area contributed by atoms with E-state index in [1.165, 1.54) is 4.57 Å². The van der Waals surface area contributed by atoms with Crippen molar-refractivity contribution in [1.29, 1.82) is 0 Å². The number of H-pyrrole nitrogens is 1. The van der Waals surface area contributed by atoms with Gasteiger partial charge in [-0.25, -0.2) is 4.79 Å². The van der Waals surface area contributed by atoms with Crippen LogP contribution in [0.1, 0.15) is 0 Å². The lowest BCUT2D eigenvalue weighted by Crippen LogP contribution is -2.10. The Morgan fingerprint density at radius 2 is 2.38 bits per heavy atom. The van der Waals surface area contributed by atoms with E-state index in [0.717, 1.165) is 0 Å². The second-order valence-corrected chi connectivity index (χ2v) is 1.38. The Morgan fingerprint density at radius 1 is 1.75 bits per heavy atom. The molecule has 0 atom stereocenters. The molecule has 0 amide bonds. The first-order chi connectivity index (χ1) is 3.30. The third-order valence-corrected chi connectivity index (χ3v) is 0.825. The molecule has 8 heavy (non-hydrogen) atoms. The molecule has 0 aliphatic carbocycles. The van der Waals surface area contributed by atoms with Crippen molar-refractivity contribution in [1.82, 2.24) is 9.55 Å². The highest BCUT2D eigenvalue weighted by molar-refractivity contribution is 5.85. The van der Waals surface area contributed by atoms with E-state index in [-0.39, 0.29) is 18.1 Å². The zero-order chi connectivity index (χ0) is 5.28. The summed E-state index contributed by atoms with van der Waals surface area (Å²) in [6.45, 7) is 0. The quantitative estimate of drug-likeness (QED) is 0.539. The number of aromatic nitrogens is 2. The van der Waals surface area contributed by atoms with Crippen molar-refractivity contribution in [2.24, 2.45) is 7.05 Å². The fraction of sp³-hybridized carbons (Fsp3) is 0.250. The summed E-state index contributed by atoms with van der Waals surface area (Å²) in [5.74, 6) is 0. The monoisotopic (exact) mass is 134 g/mol. The van der Waals surface area contributed by atoms with E-state index < -0.39 is 0 Å². The molecule has 1 rings (SSSR count). The molecular formula is C4H7ClN2O. The number of nitrogens with one attached hydrogen (secondary N) is 1. The first kappa shape index (κ1) is 7.30. The third kappa shape index (κ3) is 1.13. The third-order valence-electron chi connectivity index (χ3n) is 0.825. The van der Waals surface area contributed by atoms with Crippen molar-refractivity contribution in [2.75, 3.05) is 0 Å². The summed E-state index contributed by atoms with van der Waals surface area (Å²) in [4.78, 5) is 12.8. The van der Waals surface area contributed by atoms with E-state index in [4.69, 9.17) is 0 Å². The zero-order valence-electron chi connectivity index (χ0n) is 4.42. The molecular weight excluding hydrogens is 128 g/mol. The van der Waals surface area contributed by atoms with Crippen molar-refractivity contribution in [3.05, 3.63) is 22.9 Å². The average molecular weight is 135 g/mol. The molecule has 0 bridgehead atoms. The molecule has 1 aromatic rings.